The van der Waals surface area contributed by atoms with Crippen molar-refractivity contribution < 1.29 is 39.3 Å². The minimum Gasteiger partial charge on any atom is -0.481 e. The lowest BCUT2D eigenvalue weighted by atomic mass is 10.1. The van der Waals surface area contributed by atoms with Crippen molar-refractivity contribution in [2.75, 3.05) is 13.2 Å². The van der Waals surface area contributed by atoms with Crippen LogP contribution in [0.1, 0.15) is 26.2 Å². The number of aliphatic hydroxyl groups is 1. The molecule has 3 amide bonds. The number of guanidine groups is 1. The molecule has 0 fully saturated rings. The highest BCUT2D eigenvalue weighted by Crippen LogP contribution is 2.03. The van der Waals surface area contributed by atoms with E-state index in [0.717, 1.165) is 0 Å². The van der Waals surface area contributed by atoms with Gasteiger partial charge in [-0.15, -0.1) is 0 Å². The molecule has 0 rings (SSSR count). The van der Waals surface area contributed by atoms with Gasteiger partial charge >= 0.3 is 11.9 Å². The number of hydrogen-bond acceptors (Lipinski definition) is 8. The number of amides is 3. The molecule has 12 N–H and O–H groups in total. The normalized spacial score (nSPS) is 14.3. The molecule has 0 aromatic rings. The summed E-state index contributed by atoms with van der Waals surface area (Å²) in [6, 6.07) is -5.47. The van der Waals surface area contributed by atoms with E-state index in [4.69, 9.17) is 27.4 Å². The van der Waals surface area contributed by atoms with Crippen molar-refractivity contribution in [3.05, 3.63) is 0 Å². The molecule has 0 saturated carbocycles. The summed E-state index contributed by atoms with van der Waals surface area (Å²) in [7, 11) is 0. The predicted molar refractivity (Wildman–Crippen MR) is 106 cm³/mol. The third-order valence-corrected chi connectivity index (χ3v) is 3.80. The highest BCUT2D eigenvalue weighted by Gasteiger charge is 2.30. The molecule has 0 aliphatic heterocycles. The van der Waals surface area contributed by atoms with E-state index in [2.05, 4.69) is 15.6 Å². The van der Waals surface area contributed by atoms with Crippen LogP contribution in [0, 0.1) is 0 Å². The number of rotatable bonds is 14. The maximum Gasteiger partial charge on any atom is 0.326 e. The topological polar surface area (TPSA) is 273 Å². The van der Waals surface area contributed by atoms with E-state index in [1.54, 1.807) is 0 Å². The number of carboxylic acids is 2. The molecule has 4 atom stereocenters. The van der Waals surface area contributed by atoms with E-state index in [1.165, 1.54) is 6.92 Å². The van der Waals surface area contributed by atoms with Gasteiger partial charge in [0.05, 0.1) is 19.1 Å². The van der Waals surface area contributed by atoms with E-state index in [9.17, 15) is 29.1 Å². The van der Waals surface area contributed by atoms with E-state index in [-0.39, 0.29) is 25.3 Å². The lowest BCUT2D eigenvalue weighted by Crippen LogP contribution is -2.58. The molecule has 0 aliphatic rings. The lowest BCUT2D eigenvalue weighted by molar-refractivity contribution is -0.147. The van der Waals surface area contributed by atoms with Gasteiger partial charge in [-0.3, -0.25) is 24.2 Å². The highest BCUT2D eigenvalue weighted by atomic mass is 16.4. The second kappa shape index (κ2) is 13.7. The molecule has 15 nitrogen and oxygen atoms in total. The van der Waals surface area contributed by atoms with Gasteiger partial charge < -0.3 is 48.5 Å². The third-order valence-electron chi connectivity index (χ3n) is 3.80. The zero-order valence-electron chi connectivity index (χ0n) is 16.9. The number of aliphatic carboxylic acids is 2. The minimum absolute atomic E-state index is 0.0624. The van der Waals surface area contributed by atoms with Crippen LogP contribution in [0.4, 0.5) is 0 Å². The number of aliphatic imine (C=N–C) groups is 1. The largest absolute Gasteiger partial charge is 0.481 e. The summed E-state index contributed by atoms with van der Waals surface area (Å²) in [5.74, 6) is -5.89. The molecule has 31 heavy (non-hydrogen) atoms. The Kier molecular flexibility index (Phi) is 12.2. The van der Waals surface area contributed by atoms with E-state index < -0.39 is 66.9 Å². The van der Waals surface area contributed by atoms with Gasteiger partial charge in [-0.2, -0.15) is 0 Å². The molecular formula is C16H29N7O8. The zero-order chi connectivity index (χ0) is 24.1. The monoisotopic (exact) mass is 447 g/mol. The Bertz CT molecular complexity index is 693. The highest BCUT2D eigenvalue weighted by molar-refractivity contribution is 5.94. The fourth-order valence-electron chi connectivity index (χ4n) is 2.19. The average Bonchev–Trinajstić information content (AvgIpc) is 2.66. The van der Waals surface area contributed by atoms with Crippen molar-refractivity contribution in [1.82, 2.24) is 16.0 Å². The van der Waals surface area contributed by atoms with Crippen molar-refractivity contribution in [1.29, 1.82) is 0 Å². The molecule has 0 aliphatic carbocycles. The van der Waals surface area contributed by atoms with E-state index in [1.807, 2.05) is 5.32 Å². The number of carboxylic acid groups (broad SMARTS) is 2. The number of nitrogens with two attached hydrogens (primary N) is 3. The number of carbonyl (C=O) groups excluding carboxylic acids is 3. The van der Waals surface area contributed by atoms with Gasteiger partial charge in [0.1, 0.15) is 18.1 Å². The Morgan fingerprint density at radius 2 is 1.42 bits per heavy atom. The first-order valence-electron chi connectivity index (χ1n) is 9.16. The second-order valence-electron chi connectivity index (χ2n) is 6.54. The molecule has 4 unspecified atom stereocenters. The summed E-state index contributed by atoms with van der Waals surface area (Å²) >= 11 is 0. The first-order chi connectivity index (χ1) is 14.4. The van der Waals surface area contributed by atoms with Gasteiger partial charge in [-0.25, -0.2) is 4.79 Å². The van der Waals surface area contributed by atoms with Crippen LogP contribution in [0.25, 0.3) is 0 Å². The fourth-order valence-corrected chi connectivity index (χ4v) is 2.19. The number of carbonyl (C=O) groups is 5. The van der Waals surface area contributed by atoms with Crippen LogP contribution in [0.3, 0.4) is 0 Å². The summed E-state index contributed by atoms with van der Waals surface area (Å²) in [5, 5.41) is 33.7. The van der Waals surface area contributed by atoms with Crippen molar-refractivity contribution >= 4 is 35.6 Å². The predicted octanol–water partition coefficient (Wildman–Crippen LogP) is -4.61. The zero-order valence-corrected chi connectivity index (χ0v) is 16.9. The fraction of sp³-hybridized carbons (Fsp3) is 0.625. The Morgan fingerprint density at radius 3 is 1.87 bits per heavy atom. The Hall–Kier alpha value is -3.46. The van der Waals surface area contributed by atoms with Crippen LogP contribution in [0.2, 0.25) is 0 Å². The molecule has 176 valence electrons. The number of hydrogen-bond donors (Lipinski definition) is 9. The molecule has 0 aromatic carbocycles. The summed E-state index contributed by atoms with van der Waals surface area (Å²) in [5.41, 5.74) is 15.8. The number of nitrogens with one attached hydrogen (secondary N) is 3. The summed E-state index contributed by atoms with van der Waals surface area (Å²) in [6.07, 6.45) is -0.768. The summed E-state index contributed by atoms with van der Waals surface area (Å²) < 4.78 is 0. The summed E-state index contributed by atoms with van der Waals surface area (Å²) in [4.78, 5) is 62.3. The SMILES string of the molecule is CC(N)C(=O)NC(CO)C(=O)NC(CCCN=C(N)N)C(=O)NC(CC(=O)O)C(=O)O. The molecule has 0 saturated heterocycles. The Labute approximate surface area is 177 Å². The van der Waals surface area contributed by atoms with Gasteiger partial charge in [0, 0.05) is 6.54 Å². The molecule has 0 aromatic heterocycles. The van der Waals surface area contributed by atoms with Gasteiger partial charge in [0.15, 0.2) is 5.96 Å². The van der Waals surface area contributed by atoms with Crippen molar-refractivity contribution in [3.8, 4) is 0 Å². The van der Waals surface area contributed by atoms with Gasteiger partial charge in [0.25, 0.3) is 0 Å². The van der Waals surface area contributed by atoms with Crippen molar-refractivity contribution in [2.45, 2.75) is 50.4 Å². The maximum atomic E-state index is 12.5. The van der Waals surface area contributed by atoms with Crippen LogP contribution in [-0.2, 0) is 24.0 Å². The lowest BCUT2D eigenvalue weighted by Gasteiger charge is -2.23. The maximum absolute atomic E-state index is 12.5. The van der Waals surface area contributed by atoms with Crippen LogP contribution in [-0.4, -0.2) is 88.3 Å². The molecule has 0 spiro atoms. The first kappa shape index (κ1) is 27.5. The van der Waals surface area contributed by atoms with Gasteiger partial charge in [-0.05, 0) is 19.8 Å². The summed E-state index contributed by atoms with van der Waals surface area (Å²) in [6.45, 7) is 0.643. The van der Waals surface area contributed by atoms with Crippen LogP contribution in [0.5, 0.6) is 0 Å². The minimum atomic E-state index is -1.74. The molecule has 0 heterocycles. The van der Waals surface area contributed by atoms with Crippen molar-refractivity contribution in [2.24, 2.45) is 22.2 Å². The molecule has 0 radical (unpaired) electrons. The smallest absolute Gasteiger partial charge is 0.326 e. The van der Waals surface area contributed by atoms with Crippen LogP contribution >= 0.6 is 0 Å². The van der Waals surface area contributed by atoms with Crippen LogP contribution in [0.15, 0.2) is 4.99 Å². The molecule has 0 bridgehead atoms. The standard InChI is InChI=1S/C16H29N7O8/c1-7(17)12(27)23-10(6-24)14(29)21-8(3-2-4-20-16(18)19)13(28)22-9(15(30)31)5-11(25)26/h7-10,24H,2-6,17H2,1H3,(H,21,29)(H,22,28)(H,23,27)(H,25,26)(H,30,31)(H4,18,19,20). The third kappa shape index (κ3) is 11.3. The van der Waals surface area contributed by atoms with Gasteiger partial charge in [-0.1, -0.05) is 0 Å². The van der Waals surface area contributed by atoms with E-state index in [0.29, 0.717) is 0 Å². The Balaban J connectivity index is 5.37. The average molecular weight is 447 g/mol. The van der Waals surface area contributed by atoms with E-state index >= 15 is 0 Å². The van der Waals surface area contributed by atoms with Crippen molar-refractivity contribution in [3.63, 3.8) is 0 Å². The number of aliphatic hydroxyl groups excluding tert-OH is 1. The Morgan fingerprint density at radius 1 is 0.903 bits per heavy atom. The molecular weight excluding hydrogens is 418 g/mol. The van der Waals surface area contributed by atoms with Crippen LogP contribution < -0.4 is 33.2 Å². The molecule has 15 heteroatoms. The second-order valence-corrected chi connectivity index (χ2v) is 6.54. The quantitative estimate of drug-likeness (QED) is 0.0693. The first-order valence-corrected chi connectivity index (χ1v) is 9.16. The van der Waals surface area contributed by atoms with Gasteiger partial charge in [0.2, 0.25) is 17.7 Å². The number of nitrogens with zero attached hydrogens (tertiary/aromatic N) is 1.